The second-order valence-electron chi connectivity index (χ2n) is 8.89. The summed E-state index contributed by atoms with van der Waals surface area (Å²) in [4.78, 5) is 0. The largest absolute Gasteiger partial charge is 0.491 e. The van der Waals surface area contributed by atoms with Gasteiger partial charge in [-0.25, -0.2) is 8.93 Å². The summed E-state index contributed by atoms with van der Waals surface area (Å²) in [6.07, 6.45) is 4.15. The number of benzene rings is 1. The third-order valence-corrected chi connectivity index (χ3v) is 9.78. The highest BCUT2D eigenvalue weighted by molar-refractivity contribution is 8.29. The molecule has 1 rings (SSSR count). The molecular weight excluding hydrogens is 366 g/mol. The van der Waals surface area contributed by atoms with Crippen LogP contribution < -0.4 is 9.46 Å². The van der Waals surface area contributed by atoms with E-state index in [1.807, 2.05) is 58.0 Å². The summed E-state index contributed by atoms with van der Waals surface area (Å²) in [5.74, 6) is 0.814. The molecule has 0 aliphatic rings. The standard InChI is InChI=1S/C20H37NO3S2/c1-16(21-25(22)19(2,3)4)18(24-26(8,9)20(5,6)7)15-23-17-13-11-10-12-14-17/h10-14,16,18,21H,15H2,1-9H3. The minimum absolute atomic E-state index is 0.0426. The van der Waals surface area contributed by atoms with Crippen LogP contribution in [0.4, 0.5) is 0 Å². The lowest BCUT2D eigenvalue weighted by atomic mass is 10.2. The summed E-state index contributed by atoms with van der Waals surface area (Å²) in [6, 6.07) is 9.63. The number of para-hydroxylation sites is 1. The van der Waals surface area contributed by atoms with E-state index in [2.05, 4.69) is 38.0 Å². The molecule has 1 N–H and O–H groups in total. The normalized spacial score (nSPS) is 17.4. The summed E-state index contributed by atoms with van der Waals surface area (Å²) >= 11 is 0. The molecule has 1 aromatic carbocycles. The van der Waals surface area contributed by atoms with E-state index in [1.165, 1.54) is 0 Å². The predicted octanol–water partition coefficient (Wildman–Crippen LogP) is 4.67. The first-order valence-electron chi connectivity index (χ1n) is 9.01. The Morgan fingerprint density at radius 1 is 1.08 bits per heavy atom. The van der Waals surface area contributed by atoms with Crippen molar-refractivity contribution in [1.29, 1.82) is 0 Å². The lowest BCUT2D eigenvalue weighted by molar-refractivity contribution is 0.119. The number of nitrogens with one attached hydrogen (secondary N) is 1. The van der Waals surface area contributed by atoms with E-state index >= 15 is 0 Å². The summed E-state index contributed by atoms with van der Waals surface area (Å²) in [6.45, 7) is 14.9. The van der Waals surface area contributed by atoms with Crippen LogP contribution in [0.1, 0.15) is 48.5 Å². The first kappa shape index (κ1) is 23.5. The van der Waals surface area contributed by atoms with E-state index < -0.39 is 21.3 Å². The van der Waals surface area contributed by atoms with Crippen LogP contribution in [0.5, 0.6) is 5.75 Å². The van der Waals surface area contributed by atoms with Crippen LogP contribution in [0, 0.1) is 0 Å². The van der Waals surface area contributed by atoms with Crippen molar-refractivity contribution in [3.63, 3.8) is 0 Å². The quantitative estimate of drug-likeness (QED) is 0.686. The highest BCUT2D eigenvalue weighted by Crippen LogP contribution is 2.54. The van der Waals surface area contributed by atoms with Crippen molar-refractivity contribution in [3.8, 4) is 5.75 Å². The minimum atomic E-state index is -1.34. The SMILES string of the molecule is CC(NS(=O)C(C)(C)C)C(COc1ccccc1)OS(C)(C)C(C)(C)C. The van der Waals surface area contributed by atoms with Crippen LogP contribution in [0.15, 0.2) is 30.3 Å². The van der Waals surface area contributed by atoms with Crippen LogP contribution in [0.3, 0.4) is 0 Å². The van der Waals surface area contributed by atoms with Gasteiger partial charge in [-0.1, -0.05) is 39.0 Å². The minimum Gasteiger partial charge on any atom is -0.491 e. The van der Waals surface area contributed by atoms with E-state index in [9.17, 15) is 4.21 Å². The number of rotatable bonds is 8. The number of hydrogen-bond acceptors (Lipinski definition) is 3. The molecule has 1 aromatic rings. The fourth-order valence-corrected chi connectivity index (χ4v) is 3.80. The number of hydrogen-bond donors (Lipinski definition) is 1. The smallest absolute Gasteiger partial charge is 0.120 e. The van der Waals surface area contributed by atoms with E-state index in [-0.39, 0.29) is 21.6 Å². The Morgan fingerprint density at radius 3 is 2.08 bits per heavy atom. The van der Waals surface area contributed by atoms with Crippen molar-refractivity contribution in [1.82, 2.24) is 4.72 Å². The van der Waals surface area contributed by atoms with Gasteiger partial charge < -0.3 is 8.92 Å². The first-order chi connectivity index (χ1) is 11.7. The third kappa shape index (κ3) is 7.22. The molecule has 0 saturated heterocycles. The molecule has 0 amide bonds. The molecule has 152 valence electrons. The Morgan fingerprint density at radius 2 is 1.62 bits per heavy atom. The van der Waals surface area contributed by atoms with Crippen molar-refractivity contribution >= 4 is 21.3 Å². The number of ether oxygens (including phenoxy) is 1. The molecular formula is C20H37NO3S2. The van der Waals surface area contributed by atoms with Gasteiger partial charge in [0.1, 0.15) is 18.5 Å². The van der Waals surface area contributed by atoms with Crippen LogP contribution in [-0.2, 0) is 15.2 Å². The van der Waals surface area contributed by atoms with Gasteiger partial charge >= 0.3 is 0 Å². The Kier molecular flexibility index (Phi) is 8.21. The molecule has 6 heteroatoms. The molecule has 0 radical (unpaired) electrons. The van der Waals surface area contributed by atoms with Gasteiger partial charge in [0, 0.05) is 10.8 Å². The maximum atomic E-state index is 12.5. The molecule has 3 atom stereocenters. The molecule has 0 spiro atoms. The molecule has 0 aromatic heterocycles. The fourth-order valence-electron chi connectivity index (χ4n) is 1.83. The second kappa shape index (κ2) is 9.09. The molecule has 0 aliphatic carbocycles. The van der Waals surface area contributed by atoms with Crippen LogP contribution in [-0.4, -0.2) is 45.0 Å². The lowest BCUT2D eigenvalue weighted by Crippen LogP contribution is -2.48. The zero-order chi connectivity index (χ0) is 20.2. The highest BCUT2D eigenvalue weighted by Gasteiger charge is 2.35. The second-order valence-corrected chi connectivity index (χ2v) is 14.8. The molecule has 4 nitrogen and oxygen atoms in total. The highest BCUT2D eigenvalue weighted by atomic mass is 32.3. The fraction of sp³-hybridized carbons (Fsp3) is 0.700. The molecule has 0 aliphatic heterocycles. The average molecular weight is 404 g/mol. The van der Waals surface area contributed by atoms with Crippen molar-refractivity contribution in [2.75, 3.05) is 19.1 Å². The van der Waals surface area contributed by atoms with E-state index in [1.54, 1.807) is 0 Å². The van der Waals surface area contributed by atoms with Gasteiger partial charge in [0.25, 0.3) is 0 Å². The molecule has 0 bridgehead atoms. The first-order valence-corrected chi connectivity index (χ1v) is 12.5. The maximum Gasteiger partial charge on any atom is 0.120 e. The predicted molar refractivity (Wildman–Crippen MR) is 116 cm³/mol. The Bertz CT molecular complexity index is 577. The summed E-state index contributed by atoms with van der Waals surface area (Å²) in [5.41, 5.74) is 0. The zero-order valence-electron chi connectivity index (χ0n) is 17.8. The lowest BCUT2D eigenvalue weighted by Gasteiger charge is -2.47. The van der Waals surface area contributed by atoms with Gasteiger partial charge in [0.15, 0.2) is 0 Å². The monoisotopic (exact) mass is 403 g/mol. The Balaban J connectivity index is 2.91. The Hall–Kier alpha value is -0.560. The molecule has 0 heterocycles. The molecule has 0 fully saturated rings. The summed E-state index contributed by atoms with van der Waals surface area (Å²) in [7, 11) is -2.50. The van der Waals surface area contributed by atoms with Gasteiger partial charge in [0.2, 0.25) is 0 Å². The van der Waals surface area contributed by atoms with E-state index in [0.717, 1.165) is 5.75 Å². The van der Waals surface area contributed by atoms with Crippen molar-refractivity contribution in [2.24, 2.45) is 0 Å². The molecule has 0 saturated carbocycles. The van der Waals surface area contributed by atoms with Gasteiger partial charge in [-0.15, -0.1) is 10.3 Å². The van der Waals surface area contributed by atoms with Gasteiger partial charge in [-0.3, -0.25) is 0 Å². The van der Waals surface area contributed by atoms with Gasteiger partial charge in [-0.05, 0) is 52.3 Å². The third-order valence-electron chi connectivity index (χ3n) is 4.40. The van der Waals surface area contributed by atoms with E-state index in [0.29, 0.717) is 6.61 Å². The van der Waals surface area contributed by atoms with Crippen LogP contribution >= 0.6 is 10.3 Å². The molecule has 26 heavy (non-hydrogen) atoms. The molecule has 3 unspecified atom stereocenters. The van der Waals surface area contributed by atoms with Crippen LogP contribution in [0.25, 0.3) is 0 Å². The zero-order valence-corrected chi connectivity index (χ0v) is 19.4. The van der Waals surface area contributed by atoms with Crippen LogP contribution in [0.2, 0.25) is 0 Å². The topological polar surface area (TPSA) is 47.6 Å². The van der Waals surface area contributed by atoms with E-state index in [4.69, 9.17) is 8.92 Å². The van der Waals surface area contributed by atoms with Crippen molar-refractivity contribution in [3.05, 3.63) is 30.3 Å². The van der Waals surface area contributed by atoms with Gasteiger partial charge in [-0.2, -0.15) is 0 Å². The summed E-state index contributed by atoms with van der Waals surface area (Å²) in [5, 5.41) is 0. The average Bonchev–Trinajstić information content (AvgIpc) is 2.50. The Labute approximate surface area is 164 Å². The van der Waals surface area contributed by atoms with Gasteiger partial charge in [0.05, 0.1) is 15.7 Å². The van der Waals surface area contributed by atoms with Crippen molar-refractivity contribution < 1.29 is 13.1 Å². The van der Waals surface area contributed by atoms with Crippen molar-refractivity contribution in [2.45, 2.75) is 70.1 Å². The summed E-state index contributed by atoms with van der Waals surface area (Å²) < 4.78 is 28.0. The maximum absolute atomic E-state index is 12.5.